The fraction of sp³-hybridized carbons (Fsp3) is 0.350. The Kier molecular flexibility index (Phi) is 6.70. The molecule has 5 nitrogen and oxygen atoms in total. The highest BCUT2D eigenvalue weighted by Gasteiger charge is 2.39. The molecule has 3 N–H and O–H groups in total. The van der Waals surface area contributed by atoms with Crippen LogP contribution in [-0.2, 0) is 10.4 Å². The molecule has 134 valence electrons. The first-order valence-corrected chi connectivity index (χ1v) is 8.34. The molecule has 2 aromatic rings. The van der Waals surface area contributed by atoms with E-state index in [0.717, 1.165) is 13.1 Å². The van der Waals surface area contributed by atoms with Crippen molar-refractivity contribution < 1.29 is 20.1 Å². The van der Waals surface area contributed by atoms with Crippen molar-refractivity contribution in [2.24, 2.45) is 5.92 Å². The quantitative estimate of drug-likeness (QED) is 0.790. The Hall–Kier alpha value is -2.21. The molecule has 25 heavy (non-hydrogen) atoms. The third-order valence-corrected chi connectivity index (χ3v) is 4.44. The average molecular weight is 343 g/mol. The normalized spacial score (nSPS) is 17.6. The third-order valence-electron chi connectivity index (χ3n) is 4.44. The summed E-state index contributed by atoms with van der Waals surface area (Å²) in [7, 11) is 2.09. The van der Waals surface area contributed by atoms with Crippen LogP contribution in [0.2, 0.25) is 0 Å². The van der Waals surface area contributed by atoms with Gasteiger partial charge in [0, 0.05) is 13.2 Å². The number of likely N-dealkylation sites (tertiary alicyclic amines) is 1. The summed E-state index contributed by atoms with van der Waals surface area (Å²) >= 11 is 0. The lowest BCUT2D eigenvalue weighted by Gasteiger charge is -2.24. The molecule has 0 bridgehead atoms. The fourth-order valence-electron chi connectivity index (χ4n) is 2.95. The van der Waals surface area contributed by atoms with E-state index in [4.69, 9.17) is 5.11 Å². The second-order valence-electron chi connectivity index (χ2n) is 6.35. The van der Waals surface area contributed by atoms with Crippen LogP contribution < -0.4 is 0 Å². The lowest BCUT2D eigenvalue weighted by molar-refractivity contribution is -0.155. The summed E-state index contributed by atoms with van der Waals surface area (Å²) in [5.74, 6) is -0.727. The number of hydrogen-bond donors (Lipinski definition) is 3. The Morgan fingerprint density at radius 3 is 1.84 bits per heavy atom. The van der Waals surface area contributed by atoms with E-state index in [1.54, 1.807) is 60.7 Å². The summed E-state index contributed by atoms with van der Waals surface area (Å²) in [6.07, 6.45) is 1.17. The highest BCUT2D eigenvalue weighted by Crippen LogP contribution is 2.29. The number of nitrogens with zero attached hydrogens (tertiary/aromatic N) is 1. The molecule has 0 saturated carbocycles. The minimum atomic E-state index is -2.00. The Morgan fingerprint density at radius 2 is 1.56 bits per heavy atom. The summed E-state index contributed by atoms with van der Waals surface area (Å²) in [4.78, 5) is 13.6. The lowest BCUT2D eigenvalue weighted by atomic mass is 9.86. The molecule has 0 spiro atoms. The van der Waals surface area contributed by atoms with Gasteiger partial charge in [-0.25, -0.2) is 4.79 Å². The summed E-state index contributed by atoms with van der Waals surface area (Å²) in [5.41, 5.74) is -1.31. The van der Waals surface area contributed by atoms with Crippen LogP contribution in [0.1, 0.15) is 17.5 Å². The van der Waals surface area contributed by atoms with Gasteiger partial charge in [0.05, 0.1) is 0 Å². The molecule has 1 fully saturated rings. The van der Waals surface area contributed by atoms with Crippen LogP contribution >= 0.6 is 0 Å². The zero-order valence-corrected chi connectivity index (χ0v) is 14.4. The van der Waals surface area contributed by atoms with E-state index in [1.165, 1.54) is 6.42 Å². The highest BCUT2D eigenvalue weighted by molar-refractivity contribution is 5.83. The van der Waals surface area contributed by atoms with Crippen LogP contribution in [0.5, 0.6) is 0 Å². The van der Waals surface area contributed by atoms with Gasteiger partial charge in [-0.1, -0.05) is 60.7 Å². The SMILES string of the molecule is CN1CCC(CO)C1.O=C(O)C(O)(c1ccccc1)c1ccccc1. The van der Waals surface area contributed by atoms with Gasteiger partial charge in [0.2, 0.25) is 5.60 Å². The Balaban J connectivity index is 0.000000236. The lowest BCUT2D eigenvalue weighted by Crippen LogP contribution is -2.36. The number of aliphatic hydroxyl groups excluding tert-OH is 1. The summed E-state index contributed by atoms with van der Waals surface area (Å²) in [5, 5.41) is 28.4. The van der Waals surface area contributed by atoms with E-state index < -0.39 is 11.6 Å². The maximum absolute atomic E-state index is 11.4. The first-order valence-electron chi connectivity index (χ1n) is 8.34. The van der Waals surface area contributed by atoms with E-state index >= 15 is 0 Å². The van der Waals surface area contributed by atoms with Crippen molar-refractivity contribution >= 4 is 5.97 Å². The predicted octanol–water partition coefficient (Wildman–Crippen LogP) is 1.94. The van der Waals surface area contributed by atoms with E-state index in [9.17, 15) is 15.0 Å². The van der Waals surface area contributed by atoms with E-state index in [1.807, 2.05) is 0 Å². The van der Waals surface area contributed by atoms with Crippen LogP contribution in [0.25, 0.3) is 0 Å². The van der Waals surface area contributed by atoms with Crippen molar-refractivity contribution in [1.82, 2.24) is 4.90 Å². The summed E-state index contributed by atoms with van der Waals surface area (Å²) in [6.45, 7) is 2.60. The van der Waals surface area contributed by atoms with Crippen molar-refractivity contribution in [3.8, 4) is 0 Å². The standard InChI is InChI=1S/C14H12O3.C6H13NO/c15-13(16)14(17,11-7-3-1-4-8-11)12-9-5-2-6-10-12;1-7-3-2-6(4-7)5-8/h1-10,17H,(H,15,16);6,8H,2-5H2,1H3. The minimum absolute atomic E-state index is 0.346. The number of carboxylic acids is 1. The maximum atomic E-state index is 11.4. The second-order valence-corrected chi connectivity index (χ2v) is 6.35. The topological polar surface area (TPSA) is 81.0 Å². The number of aliphatic carboxylic acids is 1. The summed E-state index contributed by atoms with van der Waals surface area (Å²) in [6, 6.07) is 16.7. The maximum Gasteiger partial charge on any atom is 0.345 e. The monoisotopic (exact) mass is 343 g/mol. The summed E-state index contributed by atoms with van der Waals surface area (Å²) < 4.78 is 0. The first kappa shape index (κ1) is 19.1. The number of carboxylic acid groups (broad SMARTS) is 1. The van der Waals surface area contributed by atoms with Crippen molar-refractivity contribution in [2.45, 2.75) is 12.0 Å². The van der Waals surface area contributed by atoms with Crippen LogP contribution in [0.3, 0.4) is 0 Å². The Morgan fingerprint density at radius 1 is 1.08 bits per heavy atom. The van der Waals surface area contributed by atoms with Crippen molar-refractivity contribution in [2.75, 3.05) is 26.7 Å². The van der Waals surface area contributed by atoms with Gasteiger partial charge in [-0.15, -0.1) is 0 Å². The van der Waals surface area contributed by atoms with E-state index in [2.05, 4.69) is 11.9 Å². The second kappa shape index (κ2) is 8.76. The molecule has 1 aliphatic heterocycles. The molecule has 1 atom stereocenters. The molecule has 1 unspecified atom stereocenters. The number of hydrogen-bond acceptors (Lipinski definition) is 4. The van der Waals surface area contributed by atoms with E-state index in [-0.39, 0.29) is 0 Å². The minimum Gasteiger partial charge on any atom is -0.479 e. The molecule has 1 aliphatic rings. The van der Waals surface area contributed by atoms with Gasteiger partial charge >= 0.3 is 5.97 Å². The molecular weight excluding hydrogens is 318 g/mol. The van der Waals surface area contributed by atoms with Crippen LogP contribution in [-0.4, -0.2) is 52.9 Å². The molecule has 5 heteroatoms. The zero-order valence-electron chi connectivity index (χ0n) is 14.4. The Bertz CT molecular complexity index is 620. The molecule has 0 aromatic heterocycles. The van der Waals surface area contributed by atoms with Gasteiger partial charge in [0.15, 0.2) is 0 Å². The van der Waals surface area contributed by atoms with Crippen molar-refractivity contribution in [3.05, 3.63) is 71.8 Å². The fourth-order valence-corrected chi connectivity index (χ4v) is 2.95. The predicted molar refractivity (Wildman–Crippen MR) is 96.2 cm³/mol. The van der Waals surface area contributed by atoms with Gasteiger partial charge in [0.25, 0.3) is 0 Å². The van der Waals surface area contributed by atoms with Crippen molar-refractivity contribution in [3.63, 3.8) is 0 Å². The van der Waals surface area contributed by atoms with Crippen LogP contribution in [0, 0.1) is 5.92 Å². The van der Waals surface area contributed by atoms with Gasteiger partial charge in [-0.2, -0.15) is 0 Å². The molecule has 0 amide bonds. The number of rotatable bonds is 4. The molecule has 1 saturated heterocycles. The Labute approximate surface area is 148 Å². The molecule has 2 aromatic carbocycles. The molecular formula is C20H25NO4. The van der Waals surface area contributed by atoms with Crippen LogP contribution in [0.4, 0.5) is 0 Å². The van der Waals surface area contributed by atoms with Crippen LogP contribution in [0.15, 0.2) is 60.7 Å². The zero-order chi connectivity index (χ0) is 18.3. The highest BCUT2D eigenvalue weighted by atomic mass is 16.4. The van der Waals surface area contributed by atoms with Gasteiger partial charge < -0.3 is 20.2 Å². The number of aliphatic hydroxyl groups is 2. The number of carbonyl (C=O) groups is 1. The average Bonchev–Trinajstić information content (AvgIpc) is 3.08. The molecule has 1 heterocycles. The van der Waals surface area contributed by atoms with Crippen molar-refractivity contribution in [1.29, 1.82) is 0 Å². The number of benzene rings is 2. The molecule has 3 rings (SSSR count). The smallest absolute Gasteiger partial charge is 0.345 e. The largest absolute Gasteiger partial charge is 0.479 e. The van der Waals surface area contributed by atoms with Gasteiger partial charge in [0.1, 0.15) is 0 Å². The molecule has 0 radical (unpaired) electrons. The third kappa shape index (κ3) is 4.66. The molecule has 0 aliphatic carbocycles. The van der Waals surface area contributed by atoms with E-state index in [0.29, 0.717) is 23.7 Å². The first-order chi connectivity index (χ1) is 12.0. The van der Waals surface area contributed by atoms with Gasteiger partial charge in [-0.05, 0) is 37.1 Å². The van der Waals surface area contributed by atoms with Gasteiger partial charge in [-0.3, -0.25) is 0 Å².